The topological polar surface area (TPSA) is 52.6 Å². The zero-order valence-electron chi connectivity index (χ0n) is 16.5. The molecular weight excluding hydrogens is 567 g/mol. The molecule has 0 N–H and O–H groups in total. The molecule has 4 nitrogen and oxygen atoms in total. The number of carbonyl (C=O) groups is 2. The average Bonchev–Trinajstić information content (AvgIpc) is 2.63. The molecule has 0 aromatic heterocycles. The molecule has 0 aromatic carbocycles. The first-order chi connectivity index (χ1) is 15.5. The van der Waals surface area contributed by atoms with Gasteiger partial charge in [0.2, 0.25) is 0 Å². The molecule has 0 saturated heterocycles. The van der Waals surface area contributed by atoms with Crippen molar-refractivity contribution in [3.05, 3.63) is 12.7 Å². The van der Waals surface area contributed by atoms with Gasteiger partial charge in [-0.2, -0.15) is 74.6 Å². The van der Waals surface area contributed by atoms with Crippen molar-refractivity contribution in [1.29, 1.82) is 0 Å². The summed E-state index contributed by atoms with van der Waals surface area (Å²) in [5.41, 5.74) is -5.78. The zero-order chi connectivity index (χ0) is 29.4. The molecular formula is C15H9F17O4. The number of esters is 2. The SMILES string of the molecule is C=CC(=O)OCCC(CC(F)(F)F)(OC(=O)C(F)(F)C(F)(F)C(F)(F)C(F)(F)F)C(F)(F)C(F)(F)F. The lowest BCUT2D eigenvalue weighted by Crippen LogP contribution is -2.67. The second-order valence-corrected chi connectivity index (χ2v) is 6.59. The molecule has 0 aliphatic heterocycles. The highest BCUT2D eigenvalue weighted by molar-refractivity contribution is 5.81. The van der Waals surface area contributed by atoms with E-state index in [1.165, 1.54) is 0 Å². The van der Waals surface area contributed by atoms with Crippen LogP contribution in [0.3, 0.4) is 0 Å². The molecule has 1 atom stereocenters. The van der Waals surface area contributed by atoms with Crippen molar-refractivity contribution in [3.8, 4) is 0 Å². The summed E-state index contributed by atoms with van der Waals surface area (Å²) in [5, 5.41) is 0. The van der Waals surface area contributed by atoms with Crippen molar-refractivity contribution in [2.75, 3.05) is 6.61 Å². The summed E-state index contributed by atoms with van der Waals surface area (Å²) in [7, 11) is 0. The van der Waals surface area contributed by atoms with E-state index in [1.54, 1.807) is 0 Å². The van der Waals surface area contributed by atoms with Crippen molar-refractivity contribution >= 4 is 11.9 Å². The summed E-state index contributed by atoms with van der Waals surface area (Å²) in [6.45, 7) is 0.577. The largest absolute Gasteiger partial charge is 0.462 e. The molecule has 0 bridgehead atoms. The molecule has 1 unspecified atom stereocenters. The minimum Gasteiger partial charge on any atom is -0.462 e. The number of halogens is 17. The smallest absolute Gasteiger partial charge is 0.460 e. The molecule has 0 aromatic rings. The highest BCUT2D eigenvalue weighted by atomic mass is 19.4. The number of hydrogen-bond acceptors (Lipinski definition) is 4. The van der Waals surface area contributed by atoms with Crippen molar-refractivity contribution in [2.45, 2.75) is 60.7 Å². The van der Waals surface area contributed by atoms with E-state index in [4.69, 9.17) is 0 Å². The Bertz CT molecular complexity index is 823. The molecule has 21 heteroatoms. The van der Waals surface area contributed by atoms with Crippen LogP contribution in [0.5, 0.6) is 0 Å². The van der Waals surface area contributed by atoms with Gasteiger partial charge in [-0.3, -0.25) is 0 Å². The summed E-state index contributed by atoms with van der Waals surface area (Å²) >= 11 is 0. The Morgan fingerprint density at radius 3 is 1.42 bits per heavy atom. The third-order valence-electron chi connectivity index (χ3n) is 4.02. The Hall–Kier alpha value is -2.51. The van der Waals surface area contributed by atoms with Crippen molar-refractivity contribution in [2.24, 2.45) is 0 Å². The second kappa shape index (κ2) is 9.75. The molecule has 36 heavy (non-hydrogen) atoms. The van der Waals surface area contributed by atoms with Gasteiger partial charge in [0, 0.05) is 12.5 Å². The first kappa shape index (κ1) is 33.5. The highest BCUT2D eigenvalue weighted by Gasteiger charge is 2.85. The second-order valence-electron chi connectivity index (χ2n) is 6.59. The van der Waals surface area contributed by atoms with Gasteiger partial charge in [0.1, 0.15) is 0 Å². The molecule has 0 radical (unpaired) electrons. The van der Waals surface area contributed by atoms with Crippen LogP contribution < -0.4 is 0 Å². The lowest BCUT2D eigenvalue weighted by molar-refractivity contribution is -0.396. The number of ether oxygens (including phenoxy) is 2. The number of carbonyl (C=O) groups excluding carboxylic acids is 2. The molecule has 0 aliphatic carbocycles. The van der Waals surface area contributed by atoms with E-state index in [9.17, 15) is 84.2 Å². The summed E-state index contributed by atoms with van der Waals surface area (Å²) in [5.74, 6) is -37.2. The Labute approximate surface area is 187 Å². The van der Waals surface area contributed by atoms with Gasteiger partial charge in [0.15, 0.2) is 5.60 Å². The fourth-order valence-electron chi connectivity index (χ4n) is 2.21. The van der Waals surface area contributed by atoms with Gasteiger partial charge in [-0.25, -0.2) is 9.59 Å². The lowest BCUT2D eigenvalue weighted by atomic mass is 9.86. The van der Waals surface area contributed by atoms with E-state index < -0.39 is 79.2 Å². The van der Waals surface area contributed by atoms with Gasteiger partial charge < -0.3 is 9.47 Å². The van der Waals surface area contributed by atoms with Gasteiger partial charge in [0.25, 0.3) is 0 Å². The molecule has 0 amide bonds. The Balaban J connectivity index is 6.91. The van der Waals surface area contributed by atoms with E-state index in [1.807, 2.05) is 0 Å². The minimum atomic E-state index is -7.98. The van der Waals surface area contributed by atoms with E-state index in [-0.39, 0.29) is 6.08 Å². The third kappa shape index (κ3) is 6.24. The normalized spacial score (nSPS) is 16.2. The van der Waals surface area contributed by atoms with E-state index in [0.717, 1.165) is 0 Å². The first-order valence-corrected chi connectivity index (χ1v) is 8.28. The maximum absolute atomic E-state index is 14.0. The van der Waals surface area contributed by atoms with Crippen LogP contribution in [-0.2, 0) is 19.1 Å². The van der Waals surface area contributed by atoms with Crippen LogP contribution in [-0.4, -0.2) is 66.4 Å². The Morgan fingerprint density at radius 1 is 0.667 bits per heavy atom. The van der Waals surface area contributed by atoms with Crippen LogP contribution in [0.4, 0.5) is 74.6 Å². The van der Waals surface area contributed by atoms with Crippen LogP contribution in [0.1, 0.15) is 12.8 Å². The number of hydrogen-bond donors (Lipinski definition) is 0. The number of alkyl halides is 17. The van der Waals surface area contributed by atoms with Crippen LogP contribution in [0.25, 0.3) is 0 Å². The lowest BCUT2D eigenvalue weighted by Gasteiger charge is -2.42. The fraction of sp³-hybridized carbons (Fsp3) is 0.733. The minimum absolute atomic E-state index is 0.132. The van der Waals surface area contributed by atoms with Crippen LogP contribution in [0.2, 0.25) is 0 Å². The van der Waals surface area contributed by atoms with Crippen LogP contribution in [0.15, 0.2) is 12.7 Å². The molecule has 0 rings (SSSR count). The van der Waals surface area contributed by atoms with Crippen molar-refractivity contribution < 1.29 is 93.7 Å². The summed E-state index contributed by atoms with van der Waals surface area (Å²) in [6.07, 6.45) is -27.7. The summed E-state index contributed by atoms with van der Waals surface area (Å²) in [6, 6.07) is 0. The average molecular weight is 576 g/mol. The van der Waals surface area contributed by atoms with Gasteiger partial charge in [-0.15, -0.1) is 0 Å². The van der Waals surface area contributed by atoms with Gasteiger partial charge in [0.05, 0.1) is 13.0 Å². The summed E-state index contributed by atoms with van der Waals surface area (Å²) in [4.78, 5) is 22.2. The molecule has 0 aliphatic rings. The molecule has 0 spiro atoms. The van der Waals surface area contributed by atoms with E-state index in [2.05, 4.69) is 16.1 Å². The molecule has 0 heterocycles. The van der Waals surface area contributed by atoms with Crippen LogP contribution >= 0.6 is 0 Å². The monoisotopic (exact) mass is 576 g/mol. The molecule has 212 valence electrons. The summed E-state index contributed by atoms with van der Waals surface area (Å²) < 4.78 is 228. The number of rotatable bonds is 10. The maximum Gasteiger partial charge on any atom is 0.460 e. The predicted octanol–water partition coefficient (Wildman–Crippen LogP) is 6.01. The Morgan fingerprint density at radius 2 is 1.08 bits per heavy atom. The molecule has 0 fully saturated rings. The van der Waals surface area contributed by atoms with E-state index in [0.29, 0.717) is 0 Å². The van der Waals surface area contributed by atoms with E-state index >= 15 is 0 Å². The molecule has 0 saturated carbocycles. The van der Waals surface area contributed by atoms with Gasteiger partial charge in [-0.1, -0.05) is 6.58 Å². The fourth-order valence-corrected chi connectivity index (χ4v) is 2.21. The van der Waals surface area contributed by atoms with Gasteiger partial charge >= 0.3 is 54.2 Å². The quantitative estimate of drug-likeness (QED) is 0.182. The van der Waals surface area contributed by atoms with Gasteiger partial charge in [-0.05, 0) is 0 Å². The maximum atomic E-state index is 14.0. The predicted molar refractivity (Wildman–Crippen MR) is 77.2 cm³/mol. The Kier molecular flexibility index (Phi) is 9.07. The van der Waals surface area contributed by atoms with Crippen molar-refractivity contribution in [1.82, 2.24) is 0 Å². The van der Waals surface area contributed by atoms with Crippen molar-refractivity contribution in [3.63, 3.8) is 0 Å². The highest BCUT2D eigenvalue weighted by Crippen LogP contribution is 2.56. The third-order valence-corrected chi connectivity index (χ3v) is 4.02. The first-order valence-electron chi connectivity index (χ1n) is 8.28. The van der Waals surface area contributed by atoms with Crippen LogP contribution in [0, 0.1) is 0 Å². The standard InChI is InChI=1S/C15H9F17O4/c1-2-6(33)35-4-3-8(5-9(16,17)18,11(21,22)14(27,28)29)36-7(34)10(19,20)12(23,24)13(25,26)15(30,31)32/h2H,1,3-5H2. The zero-order valence-corrected chi connectivity index (χ0v) is 16.5.